The quantitative estimate of drug-likeness (QED) is 0.0601. The molecular weight excluding hydrogens is 394 g/mol. The average molecular weight is 421 g/mol. The molecule has 3 amide bonds. The van der Waals surface area contributed by atoms with Crippen LogP contribution >= 0.6 is 12.6 Å². The maximum absolute atomic E-state index is 12.5. The number of aliphatic hydroxyl groups excluding tert-OH is 1. The molecule has 0 bridgehead atoms. The Morgan fingerprint density at radius 3 is 2.04 bits per heavy atom. The molecule has 14 heteroatoms. The van der Waals surface area contributed by atoms with Crippen molar-refractivity contribution in [3.63, 3.8) is 0 Å². The van der Waals surface area contributed by atoms with Gasteiger partial charge in [-0.25, -0.2) is 4.79 Å². The first-order valence-electron chi connectivity index (χ1n) is 8.26. The van der Waals surface area contributed by atoms with E-state index >= 15 is 0 Å². The minimum absolute atomic E-state index is 0.115. The molecule has 13 nitrogen and oxygen atoms in total. The van der Waals surface area contributed by atoms with Gasteiger partial charge in [0.05, 0.1) is 13.2 Å². The van der Waals surface area contributed by atoms with E-state index in [1.165, 1.54) is 0 Å². The molecule has 0 saturated heterocycles. The summed E-state index contributed by atoms with van der Waals surface area (Å²) in [5, 5.41) is 24.7. The maximum Gasteiger partial charge on any atom is 0.328 e. The van der Waals surface area contributed by atoms with Gasteiger partial charge in [0.1, 0.15) is 18.1 Å². The molecule has 0 saturated carbocycles. The Morgan fingerprint density at radius 2 is 1.57 bits per heavy atom. The molecule has 0 aliphatic carbocycles. The van der Waals surface area contributed by atoms with Gasteiger partial charge >= 0.3 is 5.97 Å². The van der Waals surface area contributed by atoms with Crippen molar-refractivity contribution in [2.24, 2.45) is 22.2 Å². The van der Waals surface area contributed by atoms with Crippen molar-refractivity contribution >= 4 is 42.3 Å². The lowest BCUT2D eigenvalue weighted by molar-refractivity contribution is -0.143. The number of rotatable bonds is 13. The van der Waals surface area contributed by atoms with Gasteiger partial charge in [-0.1, -0.05) is 0 Å². The van der Waals surface area contributed by atoms with Crippen LogP contribution in [0.25, 0.3) is 0 Å². The highest BCUT2D eigenvalue weighted by molar-refractivity contribution is 7.80. The third kappa shape index (κ3) is 9.94. The Kier molecular flexibility index (Phi) is 12.3. The molecule has 3 unspecified atom stereocenters. The van der Waals surface area contributed by atoms with E-state index in [2.05, 4.69) is 33.6 Å². The minimum atomic E-state index is -1.53. The molecule has 11 N–H and O–H groups in total. The number of carboxylic acids is 1. The molecule has 0 aromatic carbocycles. The Bertz CT molecular complexity index is 585. The predicted octanol–water partition coefficient (Wildman–Crippen LogP) is -4.54. The topological polar surface area (TPSA) is 235 Å². The van der Waals surface area contributed by atoms with Crippen molar-refractivity contribution in [2.45, 2.75) is 31.0 Å². The van der Waals surface area contributed by atoms with E-state index in [1.807, 2.05) is 0 Å². The van der Waals surface area contributed by atoms with E-state index in [1.54, 1.807) is 0 Å². The predicted molar refractivity (Wildman–Crippen MR) is 103 cm³/mol. The lowest BCUT2D eigenvalue weighted by Gasteiger charge is -2.23. The number of nitrogens with one attached hydrogen (secondary N) is 3. The van der Waals surface area contributed by atoms with Crippen molar-refractivity contribution < 1.29 is 29.4 Å². The first-order chi connectivity index (χ1) is 13.2. The summed E-state index contributed by atoms with van der Waals surface area (Å²) >= 11 is 3.96. The van der Waals surface area contributed by atoms with Crippen LogP contribution in [0.1, 0.15) is 12.8 Å². The number of carbonyl (C=O) groups excluding carboxylic acids is 3. The van der Waals surface area contributed by atoms with Crippen LogP contribution in [0.4, 0.5) is 0 Å². The van der Waals surface area contributed by atoms with Crippen molar-refractivity contribution in [3.05, 3.63) is 0 Å². The van der Waals surface area contributed by atoms with Gasteiger partial charge in [0, 0.05) is 12.3 Å². The summed E-state index contributed by atoms with van der Waals surface area (Å²) in [6, 6.07) is -3.74. The number of nitrogens with two attached hydrogens (primary N) is 3. The number of aliphatic imine (C=N–C) groups is 1. The zero-order chi connectivity index (χ0) is 21.7. The van der Waals surface area contributed by atoms with E-state index in [0.29, 0.717) is 6.42 Å². The van der Waals surface area contributed by atoms with Crippen molar-refractivity contribution in [3.8, 4) is 0 Å². The van der Waals surface area contributed by atoms with Crippen LogP contribution in [0.15, 0.2) is 4.99 Å². The van der Waals surface area contributed by atoms with Crippen LogP contribution in [0.2, 0.25) is 0 Å². The van der Waals surface area contributed by atoms with Gasteiger partial charge in [-0.3, -0.25) is 19.4 Å². The number of guanidine groups is 1. The molecular formula is C14H27N7O6S. The molecule has 0 aliphatic rings. The van der Waals surface area contributed by atoms with Gasteiger partial charge in [-0.05, 0) is 12.8 Å². The molecule has 28 heavy (non-hydrogen) atoms. The van der Waals surface area contributed by atoms with Gasteiger partial charge in [-0.15, -0.1) is 0 Å². The maximum atomic E-state index is 12.5. The fraction of sp³-hybridized carbons (Fsp3) is 0.643. The minimum Gasteiger partial charge on any atom is -0.480 e. The molecule has 3 atom stereocenters. The molecule has 0 rings (SSSR count). The molecule has 0 fully saturated rings. The highest BCUT2D eigenvalue weighted by Crippen LogP contribution is 2.01. The van der Waals surface area contributed by atoms with E-state index in [9.17, 15) is 19.2 Å². The standard InChI is InChI=1S/C14H27N7O6S/c15-4-10(23)19-7(2-1-3-18-14(16)17)11(24)21-9(6-28)12(25)20-8(5-22)13(26)27/h7-9,22,28H,1-6,15H2,(H,19,23)(H,20,25)(H,21,24)(H,26,27)(H4,16,17,18). The van der Waals surface area contributed by atoms with Crippen LogP contribution in [0.5, 0.6) is 0 Å². The Balaban J connectivity index is 5.01. The number of aliphatic carboxylic acids is 1. The number of carbonyl (C=O) groups is 4. The lowest BCUT2D eigenvalue weighted by Crippen LogP contribution is -2.57. The summed E-state index contributed by atoms with van der Waals surface area (Å²) in [6.45, 7) is -0.947. The number of hydrogen-bond donors (Lipinski definition) is 9. The zero-order valence-corrected chi connectivity index (χ0v) is 16.0. The Labute approximate surface area is 166 Å². The molecule has 0 aliphatic heterocycles. The highest BCUT2D eigenvalue weighted by atomic mass is 32.1. The second kappa shape index (κ2) is 13.6. The van der Waals surface area contributed by atoms with Gasteiger partial charge in [0.2, 0.25) is 17.7 Å². The average Bonchev–Trinajstić information content (AvgIpc) is 2.65. The van der Waals surface area contributed by atoms with Crippen LogP contribution in [-0.4, -0.2) is 83.4 Å². The number of nitrogens with zero attached hydrogens (tertiary/aromatic N) is 1. The fourth-order valence-electron chi connectivity index (χ4n) is 1.95. The fourth-order valence-corrected chi connectivity index (χ4v) is 2.21. The van der Waals surface area contributed by atoms with Gasteiger partial charge in [0.25, 0.3) is 0 Å². The van der Waals surface area contributed by atoms with E-state index in [0.717, 1.165) is 0 Å². The summed E-state index contributed by atoms with van der Waals surface area (Å²) in [7, 11) is 0. The second-order valence-electron chi connectivity index (χ2n) is 5.60. The number of carboxylic acid groups (broad SMARTS) is 1. The molecule has 160 valence electrons. The smallest absolute Gasteiger partial charge is 0.328 e. The summed E-state index contributed by atoms with van der Waals surface area (Å²) in [6.07, 6.45) is 0.508. The molecule has 0 heterocycles. The molecule has 0 aromatic heterocycles. The first-order valence-corrected chi connectivity index (χ1v) is 8.89. The SMILES string of the molecule is NCC(=O)NC(CCCN=C(N)N)C(=O)NC(CS)C(=O)NC(CO)C(=O)O. The zero-order valence-electron chi connectivity index (χ0n) is 15.1. The number of thiol groups is 1. The van der Waals surface area contributed by atoms with Gasteiger partial charge in [-0.2, -0.15) is 12.6 Å². The van der Waals surface area contributed by atoms with Crippen LogP contribution < -0.4 is 33.2 Å². The van der Waals surface area contributed by atoms with Gasteiger partial charge in [0.15, 0.2) is 5.96 Å². The summed E-state index contributed by atoms with van der Waals surface area (Å²) in [4.78, 5) is 50.8. The number of aliphatic hydroxyl groups is 1. The summed E-state index contributed by atoms with van der Waals surface area (Å²) in [5.41, 5.74) is 15.7. The van der Waals surface area contributed by atoms with Crippen LogP contribution in [0, 0.1) is 0 Å². The Hall–Kier alpha value is -2.58. The van der Waals surface area contributed by atoms with Crippen molar-refractivity contribution in [1.29, 1.82) is 0 Å². The highest BCUT2D eigenvalue weighted by Gasteiger charge is 2.28. The third-order valence-corrected chi connectivity index (χ3v) is 3.76. The van der Waals surface area contributed by atoms with Crippen molar-refractivity contribution in [2.75, 3.05) is 25.4 Å². The second-order valence-corrected chi connectivity index (χ2v) is 5.96. The van der Waals surface area contributed by atoms with Gasteiger partial charge < -0.3 is 43.4 Å². The largest absolute Gasteiger partial charge is 0.480 e. The van der Waals surface area contributed by atoms with Crippen molar-refractivity contribution in [1.82, 2.24) is 16.0 Å². The monoisotopic (exact) mass is 421 g/mol. The first kappa shape index (κ1) is 25.4. The Morgan fingerprint density at radius 1 is 1.00 bits per heavy atom. The molecule has 0 aromatic rings. The van der Waals surface area contributed by atoms with E-state index < -0.39 is 48.4 Å². The van der Waals surface area contributed by atoms with E-state index in [-0.39, 0.29) is 31.2 Å². The summed E-state index contributed by atoms with van der Waals surface area (Å²) < 4.78 is 0. The summed E-state index contributed by atoms with van der Waals surface area (Å²) in [5.74, 6) is -3.84. The number of hydrogen-bond acceptors (Lipinski definition) is 8. The molecule has 0 spiro atoms. The third-order valence-electron chi connectivity index (χ3n) is 3.40. The lowest BCUT2D eigenvalue weighted by atomic mass is 10.1. The van der Waals surface area contributed by atoms with Crippen LogP contribution in [-0.2, 0) is 19.2 Å². The molecule has 0 radical (unpaired) electrons. The van der Waals surface area contributed by atoms with Crippen LogP contribution in [0.3, 0.4) is 0 Å². The van der Waals surface area contributed by atoms with E-state index in [4.69, 9.17) is 27.4 Å². The normalized spacial score (nSPS) is 13.5. The number of amides is 3.